The highest BCUT2D eigenvalue weighted by molar-refractivity contribution is 5.83. The van der Waals surface area contributed by atoms with E-state index >= 15 is 0 Å². The van der Waals surface area contributed by atoms with Crippen molar-refractivity contribution in [3.8, 4) is 0 Å². The Labute approximate surface area is 120 Å². The number of nitrogens with two attached hydrogens (primary N) is 1. The van der Waals surface area contributed by atoms with Crippen molar-refractivity contribution in [2.45, 2.75) is 11.8 Å². The summed E-state index contributed by atoms with van der Waals surface area (Å²) in [7, 11) is 2.99. The lowest BCUT2D eigenvalue weighted by Gasteiger charge is -2.30. The van der Waals surface area contributed by atoms with Gasteiger partial charge in [0.05, 0.1) is 20.3 Å². The monoisotopic (exact) mass is 281 g/mol. The zero-order valence-corrected chi connectivity index (χ0v) is 12.1. The van der Waals surface area contributed by atoms with Crippen LogP contribution in [0.4, 0.5) is 0 Å². The van der Waals surface area contributed by atoms with Gasteiger partial charge in [-0.3, -0.25) is 4.79 Å². The van der Waals surface area contributed by atoms with Crippen LogP contribution in [0.2, 0.25) is 0 Å². The molecule has 0 bridgehead atoms. The maximum atomic E-state index is 12.2. The molecule has 2 N–H and O–H groups in total. The summed E-state index contributed by atoms with van der Waals surface area (Å²) in [5.41, 5.74) is 5.87. The molecule has 0 saturated carbocycles. The van der Waals surface area contributed by atoms with E-state index in [1.807, 2.05) is 30.3 Å². The van der Waals surface area contributed by atoms with Gasteiger partial charge >= 0.3 is 5.97 Å². The van der Waals surface area contributed by atoms with E-state index in [9.17, 15) is 4.79 Å². The molecule has 0 spiro atoms. The van der Waals surface area contributed by atoms with Crippen molar-refractivity contribution in [2.75, 3.05) is 40.6 Å². The lowest BCUT2D eigenvalue weighted by Crippen LogP contribution is -2.44. The molecule has 0 radical (unpaired) electrons. The molecule has 0 aromatic heterocycles. The molecule has 0 aliphatic heterocycles. The number of hydrogen-bond acceptors (Lipinski definition) is 5. The summed E-state index contributed by atoms with van der Waals surface area (Å²) in [5, 5.41) is 0. The van der Waals surface area contributed by atoms with E-state index < -0.39 is 5.41 Å². The number of benzene rings is 1. The summed E-state index contributed by atoms with van der Waals surface area (Å²) in [6.07, 6.45) is 0.476. The third-order valence-corrected chi connectivity index (χ3v) is 3.36. The third-order valence-electron chi connectivity index (χ3n) is 3.36. The summed E-state index contributed by atoms with van der Waals surface area (Å²) in [6.45, 7) is 1.62. The third kappa shape index (κ3) is 4.03. The first-order chi connectivity index (χ1) is 9.71. The lowest BCUT2D eigenvalue weighted by molar-refractivity contribution is -0.148. The summed E-state index contributed by atoms with van der Waals surface area (Å²) in [5.74, 6) is -0.332. The molecule has 0 fully saturated rings. The Morgan fingerprint density at radius 1 is 1.15 bits per heavy atom. The predicted octanol–water partition coefficient (Wildman–Crippen LogP) is 1.11. The van der Waals surface area contributed by atoms with Crippen molar-refractivity contribution < 1.29 is 19.0 Å². The van der Waals surface area contributed by atoms with E-state index in [1.54, 1.807) is 7.11 Å². The second-order valence-electron chi connectivity index (χ2n) is 4.50. The van der Waals surface area contributed by atoms with Crippen LogP contribution >= 0.6 is 0 Å². The highest BCUT2D eigenvalue weighted by Crippen LogP contribution is 2.28. The van der Waals surface area contributed by atoms with E-state index in [1.165, 1.54) is 7.11 Å². The number of rotatable bonds is 9. The van der Waals surface area contributed by atoms with Gasteiger partial charge in [0.2, 0.25) is 0 Å². The standard InChI is InChI=1S/C15H23NO4/c1-18-10-11-20-9-8-15(12-16,14(17)19-2)13-6-4-3-5-7-13/h3-7H,8-12,16H2,1-2H3. The van der Waals surface area contributed by atoms with Crippen molar-refractivity contribution in [1.82, 2.24) is 0 Å². The minimum Gasteiger partial charge on any atom is -0.468 e. The van der Waals surface area contributed by atoms with Crippen LogP contribution in [0.5, 0.6) is 0 Å². The number of methoxy groups -OCH3 is 2. The van der Waals surface area contributed by atoms with Gasteiger partial charge in [-0.25, -0.2) is 0 Å². The number of hydrogen-bond donors (Lipinski definition) is 1. The van der Waals surface area contributed by atoms with Crippen LogP contribution in [0.15, 0.2) is 30.3 Å². The highest BCUT2D eigenvalue weighted by Gasteiger charge is 2.39. The average Bonchev–Trinajstić information content (AvgIpc) is 2.51. The van der Waals surface area contributed by atoms with Crippen LogP contribution in [0.25, 0.3) is 0 Å². The van der Waals surface area contributed by atoms with Crippen molar-refractivity contribution >= 4 is 5.97 Å². The van der Waals surface area contributed by atoms with Gasteiger partial charge in [-0.05, 0) is 12.0 Å². The predicted molar refractivity (Wildman–Crippen MR) is 76.5 cm³/mol. The Morgan fingerprint density at radius 2 is 1.85 bits per heavy atom. The quantitative estimate of drug-likeness (QED) is 0.542. The van der Waals surface area contributed by atoms with Crippen LogP contribution in [-0.2, 0) is 24.4 Å². The molecular weight excluding hydrogens is 258 g/mol. The van der Waals surface area contributed by atoms with Gasteiger partial charge in [0.1, 0.15) is 5.41 Å². The zero-order chi connectivity index (χ0) is 14.8. The molecular formula is C15H23NO4. The largest absolute Gasteiger partial charge is 0.468 e. The molecule has 112 valence electrons. The molecule has 0 aliphatic carbocycles. The van der Waals surface area contributed by atoms with Gasteiger partial charge in [-0.1, -0.05) is 30.3 Å². The minimum absolute atomic E-state index is 0.178. The van der Waals surface area contributed by atoms with E-state index in [0.717, 1.165) is 5.56 Å². The average molecular weight is 281 g/mol. The molecule has 5 nitrogen and oxygen atoms in total. The second kappa shape index (κ2) is 8.68. The Morgan fingerprint density at radius 3 is 2.40 bits per heavy atom. The zero-order valence-electron chi connectivity index (χ0n) is 12.1. The topological polar surface area (TPSA) is 70.8 Å². The molecule has 1 unspecified atom stereocenters. The van der Waals surface area contributed by atoms with E-state index in [0.29, 0.717) is 26.2 Å². The van der Waals surface area contributed by atoms with Crippen LogP contribution in [0.3, 0.4) is 0 Å². The fourth-order valence-corrected chi connectivity index (χ4v) is 2.11. The van der Waals surface area contributed by atoms with Gasteiger partial charge < -0.3 is 19.9 Å². The fraction of sp³-hybridized carbons (Fsp3) is 0.533. The molecule has 1 atom stereocenters. The molecule has 5 heteroatoms. The summed E-state index contributed by atoms with van der Waals surface area (Å²) in [4.78, 5) is 12.2. The van der Waals surface area contributed by atoms with Crippen LogP contribution in [0.1, 0.15) is 12.0 Å². The molecule has 20 heavy (non-hydrogen) atoms. The van der Waals surface area contributed by atoms with Crippen LogP contribution in [0, 0.1) is 0 Å². The molecule has 0 aliphatic rings. The maximum absolute atomic E-state index is 12.2. The van der Waals surface area contributed by atoms with Crippen molar-refractivity contribution in [3.63, 3.8) is 0 Å². The summed E-state index contributed by atoms with van der Waals surface area (Å²) < 4.78 is 15.3. The Hall–Kier alpha value is -1.43. The maximum Gasteiger partial charge on any atom is 0.317 e. The van der Waals surface area contributed by atoms with Crippen molar-refractivity contribution in [3.05, 3.63) is 35.9 Å². The minimum atomic E-state index is -0.858. The van der Waals surface area contributed by atoms with E-state index in [-0.39, 0.29) is 12.5 Å². The molecule has 1 aromatic carbocycles. The smallest absolute Gasteiger partial charge is 0.317 e. The van der Waals surface area contributed by atoms with E-state index in [4.69, 9.17) is 19.9 Å². The normalized spacial score (nSPS) is 13.8. The van der Waals surface area contributed by atoms with E-state index in [2.05, 4.69) is 0 Å². The molecule has 0 heterocycles. The fourth-order valence-electron chi connectivity index (χ4n) is 2.11. The first-order valence-corrected chi connectivity index (χ1v) is 6.62. The van der Waals surface area contributed by atoms with Gasteiger partial charge in [-0.15, -0.1) is 0 Å². The van der Waals surface area contributed by atoms with Gasteiger partial charge in [-0.2, -0.15) is 0 Å². The molecule has 1 rings (SSSR count). The Kier molecular flexibility index (Phi) is 7.22. The van der Waals surface area contributed by atoms with Crippen LogP contribution in [-0.4, -0.2) is 46.6 Å². The summed E-state index contributed by atoms with van der Waals surface area (Å²) in [6, 6.07) is 9.44. The molecule has 0 amide bonds. The molecule has 1 aromatic rings. The second-order valence-corrected chi connectivity index (χ2v) is 4.50. The van der Waals surface area contributed by atoms with Crippen molar-refractivity contribution in [2.24, 2.45) is 5.73 Å². The Balaban J connectivity index is 2.82. The first-order valence-electron chi connectivity index (χ1n) is 6.62. The Bertz CT molecular complexity index is 396. The number of esters is 1. The summed E-state index contributed by atoms with van der Waals surface area (Å²) >= 11 is 0. The van der Waals surface area contributed by atoms with Crippen LogP contribution < -0.4 is 5.73 Å². The number of carbonyl (C=O) groups excluding carboxylic acids is 1. The number of carbonyl (C=O) groups is 1. The first kappa shape index (κ1) is 16.6. The van der Waals surface area contributed by atoms with Gasteiger partial charge in [0.25, 0.3) is 0 Å². The van der Waals surface area contributed by atoms with Crippen molar-refractivity contribution in [1.29, 1.82) is 0 Å². The highest BCUT2D eigenvalue weighted by atomic mass is 16.5. The SMILES string of the molecule is COCCOCCC(CN)(C(=O)OC)c1ccccc1. The van der Waals surface area contributed by atoms with Gasteiger partial charge in [0.15, 0.2) is 0 Å². The lowest BCUT2D eigenvalue weighted by atomic mass is 9.78. The van der Waals surface area contributed by atoms with Gasteiger partial charge in [0, 0.05) is 20.3 Å². The molecule has 0 saturated heterocycles. The number of ether oxygens (including phenoxy) is 3.